The molecular formula is C30H37N9O2. The average molecular weight is 556 g/mol. The van der Waals surface area contributed by atoms with Crippen LogP contribution in [-0.2, 0) is 11.3 Å². The Morgan fingerprint density at radius 1 is 0.976 bits per heavy atom. The Hall–Kier alpha value is -4.25. The van der Waals surface area contributed by atoms with Gasteiger partial charge in [0.05, 0.1) is 16.7 Å². The molecule has 4 aromatic rings. The Kier molecular flexibility index (Phi) is 7.44. The molecule has 0 bridgehead atoms. The van der Waals surface area contributed by atoms with Gasteiger partial charge in [0.2, 0.25) is 5.95 Å². The van der Waals surface area contributed by atoms with E-state index in [0.717, 1.165) is 72.2 Å². The normalized spacial score (nSPS) is 16.4. The van der Waals surface area contributed by atoms with E-state index in [9.17, 15) is 4.79 Å². The molecule has 0 radical (unpaired) electrons. The summed E-state index contributed by atoms with van der Waals surface area (Å²) in [4.78, 5) is 40.4. The summed E-state index contributed by atoms with van der Waals surface area (Å²) in [5.41, 5.74) is 4.36. The number of piperazine rings is 1. The van der Waals surface area contributed by atoms with Gasteiger partial charge in [0.25, 0.3) is 0 Å². The van der Waals surface area contributed by atoms with Crippen LogP contribution in [0.5, 0.6) is 0 Å². The maximum absolute atomic E-state index is 12.4. The SMILES string of the molecule is CC(C)(C)OC(=O)N1CCN(Cc2ccnc(Nc3nc4ccc(-c5cc(N6CCCC6)ncn5)cc4[nH]3)c2)CC1. The Balaban J connectivity index is 1.09. The van der Waals surface area contributed by atoms with E-state index in [1.165, 1.54) is 12.8 Å². The molecule has 11 nitrogen and oxygen atoms in total. The molecule has 0 atom stereocenters. The molecule has 214 valence electrons. The zero-order valence-corrected chi connectivity index (χ0v) is 23.9. The van der Waals surface area contributed by atoms with Gasteiger partial charge in [-0.05, 0) is 63.4 Å². The van der Waals surface area contributed by atoms with E-state index < -0.39 is 5.60 Å². The van der Waals surface area contributed by atoms with Crippen molar-refractivity contribution in [1.82, 2.24) is 34.7 Å². The maximum atomic E-state index is 12.4. The highest BCUT2D eigenvalue weighted by molar-refractivity contribution is 5.83. The summed E-state index contributed by atoms with van der Waals surface area (Å²) in [6.45, 7) is 11.4. The van der Waals surface area contributed by atoms with Crippen LogP contribution in [0, 0.1) is 0 Å². The third kappa shape index (κ3) is 6.57. The van der Waals surface area contributed by atoms with Gasteiger partial charge in [-0.1, -0.05) is 6.07 Å². The fourth-order valence-corrected chi connectivity index (χ4v) is 5.29. The number of carbonyl (C=O) groups excluding carboxylic acids is 1. The number of imidazole rings is 1. The van der Waals surface area contributed by atoms with Gasteiger partial charge in [0.1, 0.15) is 23.6 Å². The first-order valence-corrected chi connectivity index (χ1v) is 14.3. The van der Waals surface area contributed by atoms with Crippen LogP contribution in [0.15, 0.2) is 48.9 Å². The third-order valence-electron chi connectivity index (χ3n) is 7.36. The molecular weight excluding hydrogens is 518 g/mol. The van der Waals surface area contributed by atoms with E-state index in [-0.39, 0.29) is 6.09 Å². The summed E-state index contributed by atoms with van der Waals surface area (Å²) < 4.78 is 5.51. The van der Waals surface area contributed by atoms with Gasteiger partial charge in [-0.3, -0.25) is 4.90 Å². The number of rotatable bonds is 6. The number of benzene rings is 1. The second-order valence-corrected chi connectivity index (χ2v) is 11.7. The minimum atomic E-state index is -0.481. The molecule has 2 N–H and O–H groups in total. The van der Waals surface area contributed by atoms with Crippen molar-refractivity contribution in [3.8, 4) is 11.3 Å². The molecule has 2 aliphatic rings. The number of H-pyrrole nitrogens is 1. The van der Waals surface area contributed by atoms with E-state index >= 15 is 0 Å². The zero-order chi connectivity index (χ0) is 28.4. The van der Waals surface area contributed by atoms with Crippen LogP contribution in [0.25, 0.3) is 22.3 Å². The molecule has 2 aliphatic heterocycles. The number of hydrogen-bond acceptors (Lipinski definition) is 9. The molecule has 2 fully saturated rings. The number of ether oxygens (including phenoxy) is 1. The first-order chi connectivity index (χ1) is 19.8. The molecule has 3 aromatic heterocycles. The fourth-order valence-electron chi connectivity index (χ4n) is 5.29. The lowest BCUT2D eigenvalue weighted by Crippen LogP contribution is -2.49. The quantitative estimate of drug-likeness (QED) is 0.346. The Bertz CT molecular complexity index is 1520. The number of aromatic nitrogens is 5. The summed E-state index contributed by atoms with van der Waals surface area (Å²) in [7, 11) is 0. The molecule has 11 heteroatoms. The van der Waals surface area contributed by atoms with E-state index in [0.29, 0.717) is 19.0 Å². The van der Waals surface area contributed by atoms with Crippen molar-refractivity contribution in [3.63, 3.8) is 0 Å². The summed E-state index contributed by atoms with van der Waals surface area (Å²) in [6, 6.07) is 12.3. The predicted molar refractivity (Wildman–Crippen MR) is 159 cm³/mol. The minimum Gasteiger partial charge on any atom is -0.444 e. The van der Waals surface area contributed by atoms with Gasteiger partial charge in [0, 0.05) is 63.6 Å². The molecule has 6 rings (SSSR count). The maximum Gasteiger partial charge on any atom is 0.410 e. The van der Waals surface area contributed by atoms with Crippen LogP contribution < -0.4 is 10.2 Å². The second kappa shape index (κ2) is 11.3. The van der Waals surface area contributed by atoms with E-state index in [1.807, 2.05) is 51.2 Å². The lowest BCUT2D eigenvalue weighted by Gasteiger charge is -2.35. The van der Waals surface area contributed by atoms with Crippen molar-refractivity contribution in [2.75, 3.05) is 49.5 Å². The average Bonchev–Trinajstić information content (AvgIpc) is 3.63. The molecule has 0 saturated carbocycles. The Morgan fingerprint density at radius 2 is 1.78 bits per heavy atom. The molecule has 0 aliphatic carbocycles. The minimum absolute atomic E-state index is 0.241. The van der Waals surface area contributed by atoms with Crippen molar-refractivity contribution < 1.29 is 9.53 Å². The Labute approximate surface area is 240 Å². The molecule has 0 unspecified atom stereocenters. The number of anilines is 3. The molecule has 1 aromatic carbocycles. The second-order valence-electron chi connectivity index (χ2n) is 11.7. The lowest BCUT2D eigenvalue weighted by molar-refractivity contribution is 0.0139. The Morgan fingerprint density at radius 3 is 2.56 bits per heavy atom. The van der Waals surface area contributed by atoms with Crippen LogP contribution in [0.1, 0.15) is 39.2 Å². The fraction of sp³-hybridized carbons (Fsp3) is 0.433. The van der Waals surface area contributed by atoms with Gasteiger partial charge < -0.3 is 24.8 Å². The summed E-state index contributed by atoms with van der Waals surface area (Å²) in [5.74, 6) is 2.34. The standard InChI is InChI=1S/C30H37N9O2/c1-30(2,3)41-29(40)39-14-12-37(13-15-39)19-21-8-9-31-26(16-21)36-28-34-23-7-6-22(17-25(23)35-28)24-18-27(33-20-32-24)38-10-4-5-11-38/h6-9,16-18,20H,4-5,10-15,19H2,1-3H3,(H2,31,34,35,36). The summed E-state index contributed by atoms with van der Waals surface area (Å²) in [6.07, 6.45) is 5.63. The number of pyridine rings is 1. The van der Waals surface area contributed by atoms with E-state index in [1.54, 1.807) is 11.2 Å². The highest BCUT2D eigenvalue weighted by Gasteiger charge is 2.26. The van der Waals surface area contributed by atoms with Crippen molar-refractivity contribution in [1.29, 1.82) is 0 Å². The smallest absolute Gasteiger partial charge is 0.410 e. The number of nitrogens with one attached hydrogen (secondary N) is 2. The highest BCUT2D eigenvalue weighted by atomic mass is 16.6. The van der Waals surface area contributed by atoms with E-state index in [4.69, 9.17) is 9.72 Å². The monoisotopic (exact) mass is 555 g/mol. The summed E-state index contributed by atoms with van der Waals surface area (Å²) >= 11 is 0. The van der Waals surface area contributed by atoms with Crippen LogP contribution >= 0.6 is 0 Å². The van der Waals surface area contributed by atoms with Crippen molar-refractivity contribution in [2.24, 2.45) is 0 Å². The molecule has 0 spiro atoms. The van der Waals surface area contributed by atoms with Gasteiger partial charge in [-0.25, -0.2) is 24.7 Å². The van der Waals surface area contributed by atoms with E-state index in [2.05, 4.69) is 47.2 Å². The van der Waals surface area contributed by atoms with Gasteiger partial charge in [-0.2, -0.15) is 0 Å². The van der Waals surface area contributed by atoms with Crippen LogP contribution in [0.4, 0.5) is 22.4 Å². The molecule has 5 heterocycles. The number of carbonyl (C=O) groups is 1. The van der Waals surface area contributed by atoms with Crippen molar-refractivity contribution in [2.45, 2.75) is 45.8 Å². The number of amides is 1. The first-order valence-electron chi connectivity index (χ1n) is 14.3. The van der Waals surface area contributed by atoms with Crippen LogP contribution in [0.2, 0.25) is 0 Å². The molecule has 1 amide bonds. The van der Waals surface area contributed by atoms with Crippen molar-refractivity contribution in [3.05, 3.63) is 54.5 Å². The largest absolute Gasteiger partial charge is 0.444 e. The third-order valence-corrected chi connectivity index (χ3v) is 7.36. The van der Waals surface area contributed by atoms with Gasteiger partial charge >= 0.3 is 6.09 Å². The topological polar surface area (TPSA) is 115 Å². The van der Waals surface area contributed by atoms with Gasteiger partial charge in [0.15, 0.2) is 0 Å². The van der Waals surface area contributed by atoms with Gasteiger partial charge in [-0.15, -0.1) is 0 Å². The molecule has 41 heavy (non-hydrogen) atoms. The number of aromatic amines is 1. The zero-order valence-electron chi connectivity index (χ0n) is 23.9. The number of nitrogens with zero attached hydrogens (tertiary/aromatic N) is 7. The van der Waals surface area contributed by atoms with Crippen LogP contribution in [0.3, 0.4) is 0 Å². The first kappa shape index (κ1) is 26.9. The van der Waals surface area contributed by atoms with Crippen molar-refractivity contribution >= 4 is 34.7 Å². The number of fused-ring (bicyclic) bond motifs is 1. The van der Waals surface area contributed by atoms with Crippen LogP contribution in [-0.4, -0.2) is 85.7 Å². The summed E-state index contributed by atoms with van der Waals surface area (Å²) in [5, 5.41) is 3.32. The molecule has 2 saturated heterocycles. The lowest BCUT2D eigenvalue weighted by atomic mass is 10.1. The number of hydrogen-bond donors (Lipinski definition) is 2. The predicted octanol–water partition coefficient (Wildman–Crippen LogP) is 4.81. The highest BCUT2D eigenvalue weighted by Crippen LogP contribution is 2.27.